The van der Waals surface area contributed by atoms with Crippen LogP contribution >= 0.6 is 23.2 Å². The van der Waals surface area contributed by atoms with Crippen molar-refractivity contribution in [2.24, 2.45) is 0 Å². The van der Waals surface area contributed by atoms with E-state index in [0.29, 0.717) is 10.6 Å². The summed E-state index contributed by atoms with van der Waals surface area (Å²) < 4.78 is 0. The minimum absolute atomic E-state index is 0.270. The van der Waals surface area contributed by atoms with Crippen LogP contribution < -0.4 is 0 Å². The van der Waals surface area contributed by atoms with Crippen molar-refractivity contribution in [2.75, 3.05) is 6.54 Å². The molecule has 6 heteroatoms. The fourth-order valence-electron chi connectivity index (χ4n) is 1.75. The van der Waals surface area contributed by atoms with Crippen molar-refractivity contribution in [3.63, 3.8) is 0 Å². The summed E-state index contributed by atoms with van der Waals surface area (Å²) in [5, 5.41) is 9.94. The lowest BCUT2D eigenvalue weighted by molar-refractivity contribution is -0.149. The molecule has 1 aromatic rings. The van der Waals surface area contributed by atoms with Crippen molar-refractivity contribution in [3.8, 4) is 0 Å². The predicted octanol–water partition coefficient (Wildman–Crippen LogP) is 2.99. The van der Waals surface area contributed by atoms with Crippen LogP contribution in [0.5, 0.6) is 0 Å². The lowest BCUT2D eigenvalue weighted by Crippen LogP contribution is -2.37. The Hall–Kier alpha value is -1.26. The van der Waals surface area contributed by atoms with E-state index in [1.165, 1.54) is 24.0 Å². The Morgan fingerprint density at radius 2 is 2.00 bits per heavy atom. The Kier molecular flexibility index (Phi) is 4.99. The van der Waals surface area contributed by atoms with Crippen molar-refractivity contribution in [1.82, 2.24) is 4.90 Å². The van der Waals surface area contributed by atoms with Crippen LogP contribution in [-0.2, 0) is 9.59 Å². The molecule has 18 heavy (non-hydrogen) atoms. The number of amides is 1. The van der Waals surface area contributed by atoms with Gasteiger partial charge in [-0.15, -0.1) is 0 Å². The van der Waals surface area contributed by atoms with Crippen molar-refractivity contribution in [1.29, 1.82) is 0 Å². The first-order valence-electron chi connectivity index (χ1n) is 5.33. The van der Waals surface area contributed by atoms with E-state index >= 15 is 0 Å². The molecule has 0 aliphatic rings. The normalized spacial score (nSPS) is 12.0. The van der Waals surface area contributed by atoms with E-state index in [2.05, 4.69) is 0 Å². The third-order valence-corrected chi connectivity index (χ3v) is 3.12. The van der Waals surface area contributed by atoms with Crippen LogP contribution in [0.3, 0.4) is 0 Å². The third kappa shape index (κ3) is 3.15. The number of carbonyl (C=O) groups is 2. The summed E-state index contributed by atoms with van der Waals surface area (Å²) in [5.41, 5.74) is 0.314. The summed E-state index contributed by atoms with van der Waals surface area (Å²) in [7, 11) is 0. The van der Waals surface area contributed by atoms with Crippen LogP contribution in [0.25, 0.3) is 0 Å². The molecule has 0 heterocycles. The molecule has 0 saturated carbocycles. The molecule has 1 N–H and O–H groups in total. The fourth-order valence-corrected chi connectivity index (χ4v) is 2.15. The molecule has 1 rings (SSSR count). The van der Waals surface area contributed by atoms with Gasteiger partial charge in [0.15, 0.2) is 6.04 Å². The first kappa shape index (κ1) is 14.8. The van der Waals surface area contributed by atoms with E-state index in [4.69, 9.17) is 23.2 Å². The predicted molar refractivity (Wildman–Crippen MR) is 69.9 cm³/mol. The average Bonchev–Trinajstić information content (AvgIpc) is 2.28. The monoisotopic (exact) mass is 289 g/mol. The number of carboxylic acids is 1. The molecular weight excluding hydrogens is 277 g/mol. The molecule has 1 unspecified atom stereocenters. The summed E-state index contributed by atoms with van der Waals surface area (Å²) >= 11 is 11.8. The molecule has 0 fully saturated rings. The van der Waals surface area contributed by atoms with Crippen molar-refractivity contribution in [3.05, 3.63) is 33.8 Å². The van der Waals surface area contributed by atoms with Gasteiger partial charge < -0.3 is 10.0 Å². The second-order valence-corrected chi connectivity index (χ2v) is 4.56. The number of likely N-dealkylation sites (N-methyl/N-ethyl adjacent to an activating group) is 1. The average molecular weight is 290 g/mol. The first-order valence-corrected chi connectivity index (χ1v) is 6.09. The lowest BCUT2D eigenvalue weighted by atomic mass is 10.1. The molecular formula is C12H13Cl2NO3. The van der Waals surface area contributed by atoms with E-state index in [1.54, 1.807) is 13.0 Å². The van der Waals surface area contributed by atoms with Crippen molar-refractivity contribution in [2.45, 2.75) is 19.9 Å². The molecule has 1 aromatic carbocycles. The van der Waals surface area contributed by atoms with Crippen LogP contribution in [0.2, 0.25) is 10.0 Å². The second kappa shape index (κ2) is 6.07. The van der Waals surface area contributed by atoms with Crippen LogP contribution in [-0.4, -0.2) is 28.4 Å². The Labute approximate surface area is 115 Å². The number of rotatable bonds is 4. The summed E-state index contributed by atoms with van der Waals surface area (Å²) in [4.78, 5) is 24.1. The minimum Gasteiger partial charge on any atom is -0.479 e. The van der Waals surface area contributed by atoms with Gasteiger partial charge in [0, 0.05) is 29.1 Å². The van der Waals surface area contributed by atoms with Gasteiger partial charge >= 0.3 is 5.97 Å². The number of carboxylic acid groups (broad SMARTS) is 1. The van der Waals surface area contributed by atoms with Crippen LogP contribution in [0.15, 0.2) is 18.2 Å². The lowest BCUT2D eigenvalue weighted by Gasteiger charge is -2.27. The number of nitrogens with zero attached hydrogens (tertiary/aromatic N) is 1. The zero-order valence-electron chi connectivity index (χ0n) is 9.98. The molecule has 1 atom stereocenters. The van der Waals surface area contributed by atoms with E-state index in [-0.39, 0.29) is 17.5 Å². The maximum atomic E-state index is 11.5. The topological polar surface area (TPSA) is 57.6 Å². The highest BCUT2D eigenvalue weighted by Gasteiger charge is 2.30. The molecule has 0 aliphatic heterocycles. The molecule has 98 valence electrons. The molecule has 4 nitrogen and oxygen atoms in total. The van der Waals surface area contributed by atoms with Gasteiger partial charge in [-0.3, -0.25) is 4.79 Å². The molecule has 1 amide bonds. The zero-order valence-corrected chi connectivity index (χ0v) is 11.5. The van der Waals surface area contributed by atoms with Crippen LogP contribution in [0, 0.1) is 0 Å². The Balaban J connectivity index is 3.31. The van der Waals surface area contributed by atoms with E-state index in [1.807, 2.05) is 0 Å². The first-order chi connectivity index (χ1) is 8.38. The highest BCUT2D eigenvalue weighted by atomic mass is 35.5. The van der Waals surface area contributed by atoms with Crippen molar-refractivity contribution < 1.29 is 14.7 Å². The standard InChI is InChI=1S/C12H13Cl2NO3/c1-3-15(7(2)16)11(12(17)18)9-6-8(13)4-5-10(9)14/h4-6,11H,3H2,1-2H3,(H,17,18). The Bertz CT molecular complexity index is 476. The summed E-state index contributed by atoms with van der Waals surface area (Å²) in [6.07, 6.45) is 0. The van der Waals surface area contributed by atoms with E-state index in [9.17, 15) is 14.7 Å². The summed E-state index contributed by atoms with van der Waals surface area (Å²) in [6.45, 7) is 3.29. The van der Waals surface area contributed by atoms with Gasteiger partial charge in [-0.1, -0.05) is 23.2 Å². The fraction of sp³-hybridized carbons (Fsp3) is 0.333. The molecule has 0 aliphatic carbocycles. The Morgan fingerprint density at radius 3 is 2.44 bits per heavy atom. The molecule has 0 aromatic heterocycles. The third-order valence-electron chi connectivity index (χ3n) is 2.54. The number of aliphatic carboxylic acids is 1. The maximum absolute atomic E-state index is 11.5. The Morgan fingerprint density at radius 1 is 1.39 bits per heavy atom. The second-order valence-electron chi connectivity index (χ2n) is 3.71. The quantitative estimate of drug-likeness (QED) is 0.927. The number of carbonyl (C=O) groups excluding carboxylic acids is 1. The van der Waals surface area contributed by atoms with Gasteiger partial charge in [0.1, 0.15) is 0 Å². The van der Waals surface area contributed by atoms with Gasteiger partial charge in [-0.2, -0.15) is 0 Å². The highest BCUT2D eigenvalue weighted by Crippen LogP contribution is 2.30. The van der Waals surface area contributed by atoms with Gasteiger partial charge in [0.25, 0.3) is 0 Å². The van der Waals surface area contributed by atoms with Gasteiger partial charge in [0.2, 0.25) is 5.91 Å². The van der Waals surface area contributed by atoms with Crippen molar-refractivity contribution >= 4 is 35.1 Å². The van der Waals surface area contributed by atoms with E-state index < -0.39 is 12.0 Å². The minimum atomic E-state index is -1.14. The van der Waals surface area contributed by atoms with Gasteiger partial charge in [-0.25, -0.2) is 4.79 Å². The van der Waals surface area contributed by atoms with Crippen LogP contribution in [0.4, 0.5) is 0 Å². The SMILES string of the molecule is CCN(C(C)=O)C(C(=O)O)c1cc(Cl)ccc1Cl. The molecule has 0 bridgehead atoms. The molecule has 0 radical (unpaired) electrons. The highest BCUT2D eigenvalue weighted by molar-refractivity contribution is 6.33. The van der Waals surface area contributed by atoms with E-state index in [0.717, 1.165) is 0 Å². The largest absolute Gasteiger partial charge is 0.479 e. The van der Waals surface area contributed by atoms with Gasteiger partial charge in [0.05, 0.1) is 0 Å². The molecule has 0 spiro atoms. The summed E-state index contributed by atoms with van der Waals surface area (Å²) in [5.74, 6) is -1.47. The maximum Gasteiger partial charge on any atom is 0.331 e. The number of hydrogen-bond donors (Lipinski definition) is 1. The zero-order chi connectivity index (χ0) is 13.9. The molecule has 0 saturated heterocycles. The summed E-state index contributed by atoms with van der Waals surface area (Å²) in [6, 6.07) is 3.42. The smallest absolute Gasteiger partial charge is 0.331 e. The number of hydrogen-bond acceptors (Lipinski definition) is 2. The number of benzene rings is 1. The number of halogens is 2. The van der Waals surface area contributed by atoms with Gasteiger partial charge in [-0.05, 0) is 25.1 Å². The van der Waals surface area contributed by atoms with Crippen LogP contribution in [0.1, 0.15) is 25.5 Å².